The molecular formula is C40H77NO3. The van der Waals surface area contributed by atoms with E-state index in [1.165, 1.54) is 128 Å². The molecule has 0 N–H and O–H groups in total. The van der Waals surface area contributed by atoms with Crippen LogP contribution in [0.2, 0.25) is 0 Å². The van der Waals surface area contributed by atoms with E-state index in [-0.39, 0.29) is 18.0 Å². The largest absolute Gasteiger partial charge is 0.462 e. The first-order valence-corrected chi connectivity index (χ1v) is 19.9. The minimum atomic E-state index is 0.0546. The fraction of sp³-hybridized carbons (Fsp3) is 0.950. The second-order valence-electron chi connectivity index (χ2n) is 14.5. The van der Waals surface area contributed by atoms with Crippen LogP contribution in [-0.2, 0) is 14.3 Å². The predicted molar refractivity (Wildman–Crippen MR) is 190 cm³/mol. The molecule has 0 amide bonds. The van der Waals surface area contributed by atoms with Crippen LogP contribution < -0.4 is 0 Å². The molecule has 4 heteroatoms. The second kappa shape index (κ2) is 29.5. The molecule has 44 heavy (non-hydrogen) atoms. The maximum Gasteiger partial charge on any atom is 0.310 e. The summed E-state index contributed by atoms with van der Waals surface area (Å²) in [5, 5.41) is 0. The molecule has 0 aromatic heterocycles. The summed E-state index contributed by atoms with van der Waals surface area (Å²) < 4.78 is 6.16. The summed E-state index contributed by atoms with van der Waals surface area (Å²) in [6.45, 7) is 8.78. The van der Waals surface area contributed by atoms with Crippen molar-refractivity contribution in [3.8, 4) is 0 Å². The highest BCUT2D eigenvalue weighted by Gasteiger charge is 2.27. The van der Waals surface area contributed by atoms with E-state index in [9.17, 15) is 9.59 Å². The summed E-state index contributed by atoms with van der Waals surface area (Å²) in [5.74, 6) is 1.37. The van der Waals surface area contributed by atoms with E-state index in [1.807, 2.05) is 0 Å². The molecular weight excluding hydrogens is 542 g/mol. The van der Waals surface area contributed by atoms with Crippen LogP contribution in [0.1, 0.15) is 207 Å². The van der Waals surface area contributed by atoms with Crippen LogP contribution in [0.15, 0.2) is 0 Å². The second-order valence-corrected chi connectivity index (χ2v) is 14.5. The van der Waals surface area contributed by atoms with E-state index < -0.39 is 0 Å². The summed E-state index contributed by atoms with van der Waals surface area (Å²) in [5.41, 5.74) is 0. The molecule has 3 atom stereocenters. The van der Waals surface area contributed by atoms with E-state index in [0.717, 1.165) is 76.8 Å². The Labute approximate surface area is 275 Å². The van der Waals surface area contributed by atoms with Crippen molar-refractivity contribution >= 4 is 11.8 Å². The van der Waals surface area contributed by atoms with Gasteiger partial charge in [0.1, 0.15) is 11.9 Å². The van der Waals surface area contributed by atoms with Crippen LogP contribution in [0.4, 0.5) is 0 Å². The molecule has 0 aliphatic carbocycles. The van der Waals surface area contributed by atoms with Gasteiger partial charge in [-0.3, -0.25) is 9.59 Å². The number of unbranched alkanes of at least 4 members (excludes halogenated alkanes) is 16. The first-order valence-electron chi connectivity index (χ1n) is 19.9. The van der Waals surface area contributed by atoms with E-state index in [4.69, 9.17) is 4.74 Å². The molecule has 0 aromatic carbocycles. The van der Waals surface area contributed by atoms with E-state index >= 15 is 0 Å². The molecule has 4 nitrogen and oxygen atoms in total. The van der Waals surface area contributed by atoms with Crippen LogP contribution >= 0.6 is 0 Å². The number of ketones is 1. The highest BCUT2D eigenvalue weighted by atomic mass is 16.5. The summed E-state index contributed by atoms with van der Waals surface area (Å²) in [7, 11) is 2.12. The average Bonchev–Trinajstić information content (AvgIpc) is 3.02. The maximum atomic E-state index is 13.0. The van der Waals surface area contributed by atoms with Gasteiger partial charge in [0.15, 0.2) is 0 Å². The van der Waals surface area contributed by atoms with Crippen molar-refractivity contribution in [2.45, 2.75) is 213 Å². The van der Waals surface area contributed by atoms with Crippen LogP contribution in [-0.4, -0.2) is 42.9 Å². The number of rotatable bonds is 31. The van der Waals surface area contributed by atoms with Gasteiger partial charge >= 0.3 is 5.97 Å². The number of piperidine rings is 1. The molecule has 3 unspecified atom stereocenters. The maximum absolute atomic E-state index is 13.0. The van der Waals surface area contributed by atoms with E-state index in [2.05, 4.69) is 32.7 Å². The van der Waals surface area contributed by atoms with Gasteiger partial charge in [0.05, 0.1) is 5.92 Å². The van der Waals surface area contributed by atoms with Gasteiger partial charge in [0.25, 0.3) is 0 Å². The number of likely N-dealkylation sites (tertiary alicyclic amines) is 1. The van der Waals surface area contributed by atoms with Gasteiger partial charge < -0.3 is 9.64 Å². The van der Waals surface area contributed by atoms with Gasteiger partial charge in [-0.1, -0.05) is 143 Å². The Morgan fingerprint density at radius 1 is 0.614 bits per heavy atom. The number of esters is 1. The lowest BCUT2D eigenvalue weighted by molar-refractivity contribution is -0.156. The SMILES string of the molecule is CCCCCCCCCCC(CCCCCCCCC(=O)CCC(CCCC)CCCCCC)OC(=O)C1CCCN(C)C1. The van der Waals surface area contributed by atoms with Crippen molar-refractivity contribution in [3.05, 3.63) is 0 Å². The van der Waals surface area contributed by atoms with Crippen LogP contribution in [0.3, 0.4) is 0 Å². The van der Waals surface area contributed by atoms with E-state index in [1.54, 1.807) is 0 Å². The summed E-state index contributed by atoms with van der Waals surface area (Å²) in [4.78, 5) is 27.8. The molecule has 0 saturated carbocycles. The lowest BCUT2D eigenvalue weighted by atomic mass is 9.90. The van der Waals surface area contributed by atoms with Gasteiger partial charge in [-0.25, -0.2) is 0 Å². The van der Waals surface area contributed by atoms with Gasteiger partial charge in [-0.05, 0) is 70.9 Å². The topological polar surface area (TPSA) is 46.6 Å². The number of nitrogens with zero attached hydrogens (tertiary/aromatic N) is 1. The molecule has 0 spiro atoms. The number of hydrogen-bond donors (Lipinski definition) is 0. The van der Waals surface area contributed by atoms with Crippen LogP contribution in [0.25, 0.3) is 0 Å². The summed E-state index contributed by atoms with van der Waals surface area (Å²) >= 11 is 0. The first kappa shape index (κ1) is 41.1. The minimum Gasteiger partial charge on any atom is -0.462 e. The third-order valence-corrected chi connectivity index (χ3v) is 10.1. The number of ether oxygens (including phenoxy) is 1. The fourth-order valence-corrected chi connectivity index (χ4v) is 7.06. The number of carbonyl (C=O) groups excluding carboxylic acids is 2. The monoisotopic (exact) mass is 620 g/mol. The van der Waals surface area contributed by atoms with Crippen molar-refractivity contribution in [1.29, 1.82) is 0 Å². The molecule has 0 radical (unpaired) electrons. The molecule has 1 fully saturated rings. The average molecular weight is 620 g/mol. The zero-order valence-corrected chi connectivity index (χ0v) is 30.3. The van der Waals surface area contributed by atoms with E-state index in [0.29, 0.717) is 5.78 Å². The number of hydrogen-bond acceptors (Lipinski definition) is 4. The quantitative estimate of drug-likeness (QED) is 0.0572. The molecule has 260 valence electrons. The lowest BCUT2D eigenvalue weighted by Gasteiger charge is -2.29. The zero-order valence-electron chi connectivity index (χ0n) is 30.3. The van der Waals surface area contributed by atoms with Gasteiger partial charge in [0, 0.05) is 19.4 Å². The minimum absolute atomic E-state index is 0.0546. The van der Waals surface area contributed by atoms with Gasteiger partial charge in [-0.15, -0.1) is 0 Å². The van der Waals surface area contributed by atoms with Gasteiger partial charge in [-0.2, -0.15) is 0 Å². The molecule has 1 aliphatic rings. The van der Waals surface area contributed by atoms with Crippen molar-refractivity contribution in [1.82, 2.24) is 4.90 Å². The highest BCUT2D eigenvalue weighted by molar-refractivity contribution is 5.78. The fourth-order valence-electron chi connectivity index (χ4n) is 7.06. The normalized spacial score (nSPS) is 17.0. The Morgan fingerprint density at radius 3 is 1.70 bits per heavy atom. The lowest BCUT2D eigenvalue weighted by Crippen LogP contribution is -2.38. The molecule has 1 saturated heterocycles. The first-order chi connectivity index (χ1) is 21.5. The van der Waals surface area contributed by atoms with Crippen molar-refractivity contribution in [2.75, 3.05) is 20.1 Å². The zero-order chi connectivity index (χ0) is 32.1. The smallest absolute Gasteiger partial charge is 0.310 e. The third-order valence-electron chi connectivity index (χ3n) is 10.1. The predicted octanol–water partition coefficient (Wildman–Crippen LogP) is 12.0. The number of Topliss-reactive ketones (excluding diaryl/α,β-unsaturated/α-hetero) is 1. The Morgan fingerprint density at radius 2 is 1.11 bits per heavy atom. The number of carbonyl (C=O) groups is 2. The Kier molecular flexibility index (Phi) is 27.6. The molecule has 0 bridgehead atoms. The highest BCUT2D eigenvalue weighted by Crippen LogP contribution is 2.24. The van der Waals surface area contributed by atoms with Gasteiger partial charge in [0.2, 0.25) is 0 Å². The molecule has 1 rings (SSSR count). The van der Waals surface area contributed by atoms with Crippen LogP contribution in [0, 0.1) is 11.8 Å². The standard InChI is InChI=1S/C40H77NO3/c1-5-8-11-13-14-15-19-23-30-39(44-40(43)37-28-25-34-41(4)35-37)31-24-20-17-16-18-22-29-38(42)33-32-36(26-10-7-3)27-21-12-9-6-2/h36-37,39H,5-35H2,1-4H3. The molecule has 1 heterocycles. The Hall–Kier alpha value is -0.900. The summed E-state index contributed by atoms with van der Waals surface area (Å²) in [6.07, 6.45) is 35.1. The third kappa shape index (κ3) is 23.4. The summed E-state index contributed by atoms with van der Waals surface area (Å²) in [6, 6.07) is 0. The molecule has 0 aromatic rings. The van der Waals surface area contributed by atoms with Crippen molar-refractivity contribution in [3.63, 3.8) is 0 Å². The van der Waals surface area contributed by atoms with Crippen LogP contribution in [0.5, 0.6) is 0 Å². The van der Waals surface area contributed by atoms with Crippen molar-refractivity contribution < 1.29 is 14.3 Å². The molecule has 1 aliphatic heterocycles. The van der Waals surface area contributed by atoms with Crippen molar-refractivity contribution in [2.24, 2.45) is 11.8 Å². The Balaban J connectivity index is 2.24. The Bertz CT molecular complexity index is 665.